The minimum absolute atomic E-state index is 0.0285. The molecule has 120 valence electrons. The van der Waals surface area contributed by atoms with Crippen LogP contribution in [0.25, 0.3) is 10.9 Å². The minimum Gasteiger partial charge on any atom is -0.534 e. The largest absolute Gasteiger partial charge is 0.564 e. The van der Waals surface area contributed by atoms with Crippen molar-refractivity contribution in [2.75, 3.05) is 6.61 Å². The number of rotatable bonds is 2. The smallest absolute Gasteiger partial charge is 0.534 e. The SMILES string of the molecule is C=C1OB(c2cccc3nn(C4CCCCO4)cc23)OC1(C)C. The molecule has 1 atom stereocenters. The van der Waals surface area contributed by atoms with Gasteiger partial charge in [-0.15, -0.1) is 0 Å². The third kappa shape index (κ3) is 2.56. The summed E-state index contributed by atoms with van der Waals surface area (Å²) in [5.74, 6) is 0.655. The fourth-order valence-corrected chi connectivity index (χ4v) is 3.12. The molecule has 23 heavy (non-hydrogen) atoms. The maximum atomic E-state index is 6.02. The summed E-state index contributed by atoms with van der Waals surface area (Å²) in [6, 6.07) is 6.01. The third-order valence-corrected chi connectivity index (χ3v) is 4.63. The zero-order valence-corrected chi connectivity index (χ0v) is 13.6. The van der Waals surface area contributed by atoms with Crippen LogP contribution < -0.4 is 5.46 Å². The Kier molecular flexibility index (Phi) is 3.46. The summed E-state index contributed by atoms with van der Waals surface area (Å²) in [6.07, 6.45) is 5.38. The van der Waals surface area contributed by atoms with Crippen molar-refractivity contribution in [1.29, 1.82) is 0 Å². The Hall–Kier alpha value is -1.79. The minimum atomic E-state index is -0.477. The van der Waals surface area contributed by atoms with Gasteiger partial charge in [-0.1, -0.05) is 18.7 Å². The highest BCUT2D eigenvalue weighted by Gasteiger charge is 2.43. The molecule has 0 amide bonds. The maximum Gasteiger partial charge on any atom is 0.564 e. The summed E-state index contributed by atoms with van der Waals surface area (Å²) in [7, 11) is -0.439. The molecule has 0 saturated carbocycles. The van der Waals surface area contributed by atoms with Crippen LogP contribution in [0.4, 0.5) is 0 Å². The van der Waals surface area contributed by atoms with Gasteiger partial charge in [0.1, 0.15) is 11.8 Å². The van der Waals surface area contributed by atoms with Gasteiger partial charge in [-0.05, 0) is 39.2 Å². The summed E-state index contributed by atoms with van der Waals surface area (Å²) >= 11 is 0. The molecule has 2 saturated heterocycles. The third-order valence-electron chi connectivity index (χ3n) is 4.63. The van der Waals surface area contributed by atoms with E-state index in [1.807, 2.05) is 42.9 Å². The molecular formula is C17H21BN2O3. The molecule has 0 spiro atoms. The standard InChI is InChI=1S/C17H21BN2O3/c1-12-17(2,3)23-18(22-12)14-7-6-8-15-13(14)11-20(19-15)16-9-4-5-10-21-16/h6-8,11,16H,1,4-5,9-10H2,2-3H3. The van der Waals surface area contributed by atoms with Crippen molar-refractivity contribution < 1.29 is 14.0 Å². The molecule has 0 aliphatic carbocycles. The molecule has 2 aliphatic heterocycles. The van der Waals surface area contributed by atoms with Crippen LogP contribution in [0.5, 0.6) is 0 Å². The second-order valence-corrected chi connectivity index (χ2v) is 6.71. The highest BCUT2D eigenvalue weighted by molar-refractivity contribution is 6.65. The lowest BCUT2D eigenvalue weighted by Gasteiger charge is -2.22. The molecule has 1 aromatic carbocycles. The highest BCUT2D eigenvalue weighted by atomic mass is 16.7. The fourth-order valence-electron chi connectivity index (χ4n) is 3.12. The summed E-state index contributed by atoms with van der Waals surface area (Å²) in [6.45, 7) is 8.69. The number of fused-ring (bicyclic) bond motifs is 1. The van der Waals surface area contributed by atoms with E-state index in [1.165, 1.54) is 6.42 Å². The van der Waals surface area contributed by atoms with Crippen molar-refractivity contribution in [2.24, 2.45) is 0 Å². The van der Waals surface area contributed by atoms with Crippen molar-refractivity contribution in [1.82, 2.24) is 9.78 Å². The van der Waals surface area contributed by atoms with E-state index in [0.717, 1.165) is 35.8 Å². The van der Waals surface area contributed by atoms with Gasteiger partial charge >= 0.3 is 7.12 Å². The molecule has 1 aromatic heterocycles. The fraction of sp³-hybridized carbons (Fsp3) is 0.471. The lowest BCUT2D eigenvalue weighted by molar-refractivity contribution is -0.0390. The zero-order chi connectivity index (χ0) is 16.0. The number of ether oxygens (including phenoxy) is 1. The van der Waals surface area contributed by atoms with Crippen LogP contribution in [-0.4, -0.2) is 29.1 Å². The van der Waals surface area contributed by atoms with Gasteiger partial charge in [-0.3, -0.25) is 0 Å². The maximum absolute atomic E-state index is 6.02. The Morgan fingerprint density at radius 2 is 2.22 bits per heavy atom. The zero-order valence-electron chi connectivity index (χ0n) is 13.6. The quantitative estimate of drug-likeness (QED) is 0.800. The molecule has 2 fully saturated rings. The van der Waals surface area contributed by atoms with E-state index in [9.17, 15) is 0 Å². The summed E-state index contributed by atoms with van der Waals surface area (Å²) in [4.78, 5) is 0. The highest BCUT2D eigenvalue weighted by Crippen LogP contribution is 2.30. The lowest BCUT2D eigenvalue weighted by Crippen LogP contribution is -2.34. The van der Waals surface area contributed by atoms with Gasteiger partial charge in [0, 0.05) is 23.7 Å². The topological polar surface area (TPSA) is 45.5 Å². The van der Waals surface area contributed by atoms with Gasteiger partial charge in [0.2, 0.25) is 0 Å². The van der Waals surface area contributed by atoms with Gasteiger partial charge < -0.3 is 14.0 Å². The average Bonchev–Trinajstić information content (AvgIpc) is 3.09. The monoisotopic (exact) mass is 312 g/mol. The van der Waals surface area contributed by atoms with E-state index >= 15 is 0 Å². The van der Waals surface area contributed by atoms with Crippen LogP contribution in [-0.2, 0) is 14.0 Å². The van der Waals surface area contributed by atoms with E-state index < -0.39 is 12.7 Å². The van der Waals surface area contributed by atoms with E-state index in [0.29, 0.717) is 5.76 Å². The number of hydrogen-bond donors (Lipinski definition) is 0. The Balaban J connectivity index is 1.70. The van der Waals surface area contributed by atoms with Crippen LogP contribution in [0.15, 0.2) is 36.7 Å². The van der Waals surface area contributed by atoms with Crippen molar-refractivity contribution in [3.8, 4) is 0 Å². The predicted octanol–water partition coefficient (Wildman–Crippen LogP) is 2.77. The van der Waals surface area contributed by atoms with Crippen molar-refractivity contribution in [3.63, 3.8) is 0 Å². The first-order valence-electron chi connectivity index (χ1n) is 8.18. The molecule has 0 radical (unpaired) electrons. The van der Waals surface area contributed by atoms with E-state index in [2.05, 4.69) is 11.7 Å². The molecule has 4 rings (SSSR count). The predicted molar refractivity (Wildman–Crippen MR) is 89.4 cm³/mol. The number of aromatic nitrogens is 2. The summed E-state index contributed by atoms with van der Waals surface area (Å²) < 4.78 is 19.6. The van der Waals surface area contributed by atoms with Crippen LogP contribution in [0.1, 0.15) is 39.3 Å². The lowest BCUT2D eigenvalue weighted by atomic mass is 9.77. The Labute approximate surface area is 136 Å². The van der Waals surface area contributed by atoms with Crippen LogP contribution in [0, 0.1) is 0 Å². The van der Waals surface area contributed by atoms with Crippen molar-refractivity contribution in [3.05, 3.63) is 36.7 Å². The summed E-state index contributed by atoms with van der Waals surface area (Å²) in [5, 5.41) is 5.72. The van der Waals surface area contributed by atoms with Crippen LogP contribution in [0.2, 0.25) is 0 Å². The first-order chi connectivity index (χ1) is 11.0. The molecule has 6 heteroatoms. The second-order valence-electron chi connectivity index (χ2n) is 6.71. The molecular weight excluding hydrogens is 291 g/mol. The van der Waals surface area contributed by atoms with Crippen molar-refractivity contribution >= 4 is 23.5 Å². The molecule has 2 aromatic rings. The van der Waals surface area contributed by atoms with E-state index in [1.54, 1.807) is 0 Å². The Bertz CT molecular complexity index is 749. The molecule has 0 bridgehead atoms. The van der Waals surface area contributed by atoms with Crippen LogP contribution >= 0.6 is 0 Å². The molecule has 0 N–H and O–H groups in total. The van der Waals surface area contributed by atoms with Gasteiger partial charge in [-0.2, -0.15) is 5.10 Å². The average molecular weight is 312 g/mol. The second kappa shape index (κ2) is 5.39. The van der Waals surface area contributed by atoms with Gasteiger partial charge in [0.15, 0.2) is 0 Å². The molecule has 1 unspecified atom stereocenters. The van der Waals surface area contributed by atoms with Gasteiger partial charge in [0.25, 0.3) is 0 Å². The van der Waals surface area contributed by atoms with Gasteiger partial charge in [0.05, 0.1) is 11.3 Å². The van der Waals surface area contributed by atoms with E-state index in [4.69, 9.17) is 14.0 Å². The first-order valence-corrected chi connectivity index (χ1v) is 8.18. The van der Waals surface area contributed by atoms with Crippen LogP contribution in [0.3, 0.4) is 0 Å². The number of nitrogens with zero attached hydrogens (tertiary/aromatic N) is 2. The normalized spacial score (nSPS) is 24.2. The number of hydrogen-bond acceptors (Lipinski definition) is 4. The Morgan fingerprint density at radius 1 is 1.35 bits per heavy atom. The summed E-state index contributed by atoms with van der Waals surface area (Å²) in [5.41, 5.74) is 1.44. The Morgan fingerprint density at radius 3 is 2.91 bits per heavy atom. The van der Waals surface area contributed by atoms with Crippen molar-refractivity contribution in [2.45, 2.75) is 44.9 Å². The molecule has 2 aliphatic rings. The number of benzene rings is 1. The van der Waals surface area contributed by atoms with Gasteiger partial charge in [-0.25, -0.2) is 4.68 Å². The van der Waals surface area contributed by atoms with E-state index in [-0.39, 0.29) is 6.23 Å². The molecule has 5 nitrogen and oxygen atoms in total. The first kappa shape index (κ1) is 14.8. The molecule has 3 heterocycles.